The van der Waals surface area contributed by atoms with Gasteiger partial charge in [0.05, 0.1) is 0 Å². The van der Waals surface area contributed by atoms with Gasteiger partial charge in [-0.25, -0.2) is 0 Å². The highest BCUT2D eigenvalue weighted by molar-refractivity contribution is 6.45. The van der Waals surface area contributed by atoms with E-state index in [1.807, 2.05) is 0 Å². The summed E-state index contributed by atoms with van der Waals surface area (Å²) in [7, 11) is 0. The van der Waals surface area contributed by atoms with Crippen LogP contribution in [0.4, 0.5) is 0 Å². The van der Waals surface area contributed by atoms with Crippen molar-refractivity contribution >= 4 is 11.5 Å². The lowest BCUT2D eigenvalue weighted by atomic mass is 9.50. The summed E-state index contributed by atoms with van der Waals surface area (Å²) in [4.78, 5) is 12.5. The van der Waals surface area contributed by atoms with Crippen LogP contribution in [0.2, 0.25) is 0 Å². The number of oxime groups is 1. The third-order valence-corrected chi connectivity index (χ3v) is 6.08. The first-order valence-electron chi connectivity index (χ1n) is 7.13. The number of carbonyl (C=O) groups is 1. The van der Waals surface area contributed by atoms with Crippen molar-refractivity contribution in [3.05, 3.63) is 0 Å². The van der Waals surface area contributed by atoms with Crippen LogP contribution in [-0.2, 0) is 4.79 Å². The van der Waals surface area contributed by atoms with Crippen LogP contribution >= 0.6 is 0 Å². The highest BCUT2D eigenvalue weighted by Crippen LogP contribution is 2.66. The van der Waals surface area contributed by atoms with Gasteiger partial charge in [0.15, 0.2) is 5.78 Å². The molecule has 100 valence electrons. The van der Waals surface area contributed by atoms with E-state index in [0.29, 0.717) is 11.6 Å². The van der Waals surface area contributed by atoms with Gasteiger partial charge in [0.1, 0.15) is 5.71 Å². The SMILES string of the molecule is CC1(C)CCC[C@@]23C[C@@](C)(CC[C@@H]12)C(=O)/C3=N/O. The summed E-state index contributed by atoms with van der Waals surface area (Å²) in [5, 5.41) is 12.8. The molecule has 3 aliphatic carbocycles. The van der Waals surface area contributed by atoms with Crippen LogP contribution in [0.1, 0.15) is 59.3 Å². The predicted molar refractivity (Wildman–Crippen MR) is 69.7 cm³/mol. The molecule has 1 spiro atoms. The molecule has 0 aromatic heterocycles. The third-order valence-electron chi connectivity index (χ3n) is 6.08. The Kier molecular flexibility index (Phi) is 2.28. The van der Waals surface area contributed by atoms with Crippen LogP contribution in [-0.4, -0.2) is 16.7 Å². The van der Waals surface area contributed by atoms with Gasteiger partial charge in [0.25, 0.3) is 0 Å². The minimum atomic E-state index is -0.258. The maximum atomic E-state index is 12.5. The van der Waals surface area contributed by atoms with Gasteiger partial charge in [-0.3, -0.25) is 4.79 Å². The molecule has 0 heterocycles. The molecule has 0 amide bonds. The second-order valence-corrected chi connectivity index (χ2v) is 7.60. The fourth-order valence-corrected chi connectivity index (χ4v) is 5.30. The van der Waals surface area contributed by atoms with E-state index in [0.717, 1.165) is 32.1 Å². The standard InChI is InChI=1S/C15H23NO2/c1-13(2)6-4-7-15-9-14(3,8-5-10(13)15)12(17)11(15)16-18/h10,18H,4-9H2,1-3H3/b16-11-/t10-,14+,15+/m0/s1. The van der Waals surface area contributed by atoms with Crippen molar-refractivity contribution in [2.75, 3.05) is 0 Å². The molecule has 3 rings (SSSR count). The molecule has 3 atom stereocenters. The monoisotopic (exact) mass is 249 g/mol. The van der Waals surface area contributed by atoms with Crippen LogP contribution in [0, 0.1) is 22.2 Å². The Morgan fingerprint density at radius 2 is 1.94 bits per heavy atom. The molecule has 0 aromatic rings. The first-order chi connectivity index (χ1) is 8.36. The molecule has 18 heavy (non-hydrogen) atoms. The smallest absolute Gasteiger partial charge is 0.186 e. The van der Waals surface area contributed by atoms with Gasteiger partial charge in [0.2, 0.25) is 0 Å². The molecule has 0 aliphatic heterocycles. The van der Waals surface area contributed by atoms with E-state index < -0.39 is 0 Å². The first kappa shape index (κ1) is 12.2. The van der Waals surface area contributed by atoms with E-state index in [4.69, 9.17) is 0 Å². The summed E-state index contributed by atoms with van der Waals surface area (Å²) in [5.74, 6) is 0.620. The Morgan fingerprint density at radius 1 is 1.22 bits per heavy atom. The molecule has 2 bridgehead atoms. The molecule has 3 saturated carbocycles. The van der Waals surface area contributed by atoms with Gasteiger partial charge >= 0.3 is 0 Å². The fraction of sp³-hybridized carbons (Fsp3) is 0.867. The van der Waals surface area contributed by atoms with E-state index in [2.05, 4.69) is 25.9 Å². The highest BCUT2D eigenvalue weighted by Gasteiger charge is 2.66. The topological polar surface area (TPSA) is 49.7 Å². The molecule has 0 saturated heterocycles. The van der Waals surface area contributed by atoms with Gasteiger partial charge in [-0.2, -0.15) is 0 Å². The summed E-state index contributed by atoms with van der Waals surface area (Å²) in [6.45, 7) is 6.70. The molecule has 0 radical (unpaired) electrons. The maximum absolute atomic E-state index is 12.5. The lowest BCUT2D eigenvalue weighted by Gasteiger charge is -2.53. The van der Waals surface area contributed by atoms with Gasteiger partial charge in [0, 0.05) is 10.8 Å². The number of rotatable bonds is 0. The van der Waals surface area contributed by atoms with E-state index in [1.54, 1.807) is 0 Å². The Bertz CT molecular complexity index is 440. The van der Waals surface area contributed by atoms with E-state index in [-0.39, 0.29) is 22.0 Å². The lowest BCUT2D eigenvalue weighted by Crippen LogP contribution is -2.48. The lowest BCUT2D eigenvalue weighted by molar-refractivity contribution is -0.122. The predicted octanol–water partition coefficient (Wildman–Crippen LogP) is 3.40. The summed E-state index contributed by atoms with van der Waals surface area (Å²) in [5.41, 5.74) is 0.381. The number of carbonyl (C=O) groups excluding carboxylic acids is 1. The zero-order chi connectivity index (χ0) is 13.2. The second kappa shape index (κ2) is 3.37. The molecule has 1 N–H and O–H groups in total. The number of hydrogen-bond acceptors (Lipinski definition) is 3. The molecule has 3 heteroatoms. The molecule has 0 aromatic carbocycles. The van der Waals surface area contributed by atoms with Gasteiger partial charge in [-0.05, 0) is 43.4 Å². The molecular weight excluding hydrogens is 226 g/mol. The summed E-state index contributed by atoms with van der Waals surface area (Å²) in [6.07, 6.45) is 6.37. The van der Waals surface area contributed by atoms with Crippen molar-refractivity contribution in [3.8, 4) is 0 Å². The van der Waals surface area contributed by atoms with Crippen LogP contribution < -0.4 is 0 Å². The fourth-order valence-electron chi connectivity index (χ4n) is 5.30. The van der Waals surface area contributed by atoms with E-state index >= 15 is 0 Å². The van der Waals surface area contributed by atoms with E-state index in [1.165, 1.54) is 6.42 Å². The Hall–Kier alpha value is -0.860. The largest absolute Gasteiger partial charge is 0.411 e. The average molecular weight is 249 g/mol. The molecule has 0 unspecified atom stereocenters. The average Bonchev–Trinajstić information content (AvgIpc) is 2.42. The first-order valence-corrected chi connectivity index (χ1v) is 7.13. The van der Waals surface area contributed by atoms with Crippen molar-refractivity contribution in [2.45, 2.75) is 59.3 Å². The van der Waals surface area contributed by atoms with Gasteiger partial charge < -0.3 is 5.21 Å². The van der Waals surface area contributed by atoms with E-state index in [9.17, 15) is 10.0 Å². The summed E-state index contributed by atoms with van der Waals surface area (Å²) in [6, 6.07) is 0. The number of fused-ring (bicyclic) bond motifs is 1. The number of Topliss-reactive ketones (excluding diaryl/α,β-unsaturated/α-hetero) is 1. The zero-order valence-electron chi connectivity index (χ0n) is 11.6. The zero-order valence-corrected chi connectivity index (χ0v) is 11.6. The van der Waals surface area contributed by atoms with Crippen molar-refractivity contribution in [3.63, 3.8) is 0 Å². The summed E-state index contributed by atoms with van der Waals surface area (Å²) >= 11 is 0. The number of hydrogen-bond donors (Lipinski definition) is 1. The van der Waals surface area contributed by atoms with Crippen LogP contribution in [0.5, 0.6) is 0 Å². The Labute approximate surface area is 109 Å². The van der Waals surface area contributed by atoms with Crippen molar-refractivity contribution in [1.29, 1.82) is 0 Å². The number of ketones is 1. The van der Waals surface area contributed by atoms with Crippen LogP contribution in [0.15, 0.2) is 5.16 Å². The second-order valence-electron chi connectivity index (χ2n) is 7.60. The Morgan fingerprint density at radius 3 is 2.61 bits per heavy atom. The highest BCUT2D eigenvalue weighted by atomic mass is 16.4. The van der Waals surface area contributed by atoms with Crippen LogP contribution in [0.3, 0.4) is 0 Å². The van der Waals surface area contributed by atoms with Gasteiger partial charge in [-0.1, -0.05) is 32.3 Å². The molecule has 3 nitrogen and oxygen atoms in total. The molecular formula is C15H23NO2. The Balaban J connectivity index is 2.14. The minimum Gasteiger partial charge on any atom is -0.411 e. The molecule has 3 fully saturated rings. The quantitative estimate of drug-likeness (QED) is 0.528. The van der Waals surface area contributed by atoms with Crippen LogP contribution in [0.25, 0.3) is 0 Å². The van der Waals surface area contributed by atoms with Crippen molar-refractivity contribution < 1.29 is 10.0 Å². The summed E-state index contributed by atoms with van der Waals surface area (Å²) < 4.78 is 0. The third kappa shape index (κ3) is 1.25. The minimum absolute atomic E-state index is 0.116. The maximum Gasteiger partial charge on any atom is 0.186 e. The number of nitrogens with zero attached hydrogens (tertiary/aromatic N) is 1. The van der Waals surface area contributed by atoms with Gasteiger partial charge in [-0.15, -0.1) is 0 Å². The normalized spacial score (nSPS) is 48.3. The molecule has 3 aliphatic rings. The van der Waals surface area contributed by atoms with Crippen molar-refractivity contribution in [2.24, 2.45) is 27.3 Å². The van der Waals surface area contributed by atoms with Crippen molar-refractivity contribution in [1.82, 2.24) is 0 Å².